The summed E-state index contributed by atoms with van der Waals surface area (Å²) in [5, 5.41) is 23.4. The molecule has 2 saturated heterocycles. The molecule has 2 aliphatic carbocycles. The second-order valence-electron chi connectivity index (χ2n) is 22.0. The molecule has 21 nitrogen and oxygen atoms in total. The lowest BCUT2D eigenvalue weighted by atomic mass is 9.83. The van der Waals surface area contributed by atoms with Crippen LogP contribution in [-0.2, 0) is 30.6 Å². The van der Waals surface area contributed by atoms with Crippen LogP contribution in [0.4, 0.5) is 17.5 Å². The number of carbonyl (C=O) groups excluding carboxylic acids is 4. The van der Waals surface area contributed by atoms with E-state index >= 15 is 0 Å². The zero-order valence-electron chi connectivity index (χ0n) is 45.3. The minimum atomic E-state index is -3.87. The molecule has 0 radical (unpaired) electrons. The summed E-state index contributed by atoms with van der Waals surface area (Å²) >= 11 is 0. The number of rotatable bonds is 17. The van der Waals surface area contributed by atoms with E-state index in [4.69, 9.17) is 4.74 Å². The van der Waals surface area contributed by atoms with Crippen molar-refractivity contribution in [2.24, 2.45) is 5.92 Å². The highest BCUT2D eigenvalue weighted by atomic mass is 32.2. The number of aromatic amines is 1. The van der Waals surface area contributed by atoms with Gasteiger partial charge in [-0.1, -0.05) is 43.5 Å². The number of benzene rings is 2. The van der Waals surface area contributed by atoms with Crippen LogP contribution in [0, 0.1) is 19.8 Å². The Morgan fingerprint density at radius 2 is 1.66 bits per heavy atom. The lowest BCUT2D eigenvalue weighted by molar-refractivity contribution is -0.143. The average Bonchev–Trinajstić information content (AvgIpc) is 4.01. The van der Waals surface area contributed by atoms with Crippen LogP contribution < -0.4 is 36.2 Å². The van der Waals surface area contributed by atoms with Crippen LogP contribution in [0.1, 0.15) is 118 Å². The number of nitrogens with zero attached hydrogens (tertiary/aromatic N) is 8. The van der Waals surface area contributed by atoms with E-state index in [0.29, 0.717) is 61.1 Å². The normalized spacial score (nSPS) is 20.3. The topological polar surface area (TPSA) is 262 Å². The molecule has 1 saturated carbocycles. The predicted molar refractivity (Wildman–Crippen MR) is 293 cm³/mol. The number of aryl methyl sites for hydroxylation is 2. The predicted octanol–water partition coefficient (Wildman–Crippen LogP) is 4.84. The van der Waals surface area contributed by atoms with E-state index in [2.05, 4.69) is 72.6 Å². The standard InChI is InChI=1S/C55H74N14O7S/c1-33-34(2)65-66-49(33)64-50-40-27-46(77(74,75)55(4,5)6)45(28-42(40)59-32-60-50)76-25-24-67-20-22-68(23-21-67)47-30-57-43(29-58-47)52(71)61-38-26-44(53(72)62-41-19-13-17-36-14-11-12-18-39(36)41)69(31-38)54(73)48(37-15-9-8-10-16-37)63-51(70)35(3)56-7/h11-12,14,18,27-30,32,35,37-38,41,44,48,56H,8-10,13,15-17,19-26,31H2,1-7H3,(H,61,71)(H,62,72)(H,63,70)(H2,59,60,64,65,66)/t35-,38-,41+,44-,48-/m0/s1. The fourth-order valence-corrected chi connectivity index (χ4v) is 12.2. The van der Waals surface area contributed by atoms with Crippen LogP contribution in [0.15, 0.2) is 60.0 Å². The van der Waals surface area contributed by atoms with Gasteiger partial charge < -0.3 is 41.1 Å². The number of nitrogens with one attached hydrogen (secondary N) is 6. The molecule has 3 aromatic heterocycles. The van der Waals surface area contributed by atoms with Gasteiger partial charge in [0.25, 0.3) is 5.91 Å². The number of sulfone groups is 1. The monoisotopic (exact) mass is 1070 g/mol. The summed E-state index contributed by atoms with van der Waals surface area (Å²) in [5.41, 5.74) is 4.71. The zero-order chi connectivity index (χ0) is 54.6. The van der Waals surface area contributed by atoms with Crippen LogP contribution in [0.3, 0.4) is 0 Å². The Morgan fingerprint density at radius 3 is 2.36 bits per heavy atom. The van der Waals surface area contributed by atoms with Crippen molar-refractivity contribution in [3.63, 3.8) is 0 Å². The molecule has 2 aromatic carbocycles. The van der Waals surface area contributed by atoms with E-state index in [9.17, 15) is 27.6 Å². The summed E-state index contributed by atoms with van der Waals surface area (Å²) in [7, 11) is -2.17. The molecule has 2 aliphatic heterocycles. The first kappa shape index (κ1) is 55.0. The molecule has 22 heteroatoms. The van der Waals surface area contributed by atoms with E-state index in [1.807, 2.05) is 32.0 Å². The second kappa shape index (κ2) is 23.4. The van der Waals surface area contributed by atoms with Gasteiger partial charge in [-0.15, -0.1) is 0 Å². The van der Waals surface area contributed by atoms with Gasteiger partial charge in [-0.25, -0.2) is 28.4 Å². The van der Waals surface area contributed by atoms with Crippen LogP contribution in [0.5, 0.6) is 5.75 Å². The lowest BCUT2D eigenvalue weighted by Crippen LogP contribution is -2.58. The smallest absolute Gasteiger partial charge is 0.271 e. The molecule has 0 bridgehead atoms. The maximum atomic E-state index is 14.8. The number of hydrogen-bond acceptors (Lipinski definition) is 16. The number of carbonyl (C=O) groups is 4. The quantitative estimate of drug-likeness (QED) is 0.0728. The van der Waals surface area contributed by atoms with Gasteiger partial charge in [0.2, 0.25) is 17.7 Å². The third kappa shape index (κ3) is 12.2. The number of hydrogen-bond donors (Lipinski definition) is 6. The van der Waals surface area contributed by atoms with Gasteiger partial charge in [0.15, 0.2) is 15.7 Å². The molecule has 5 aromatic rings. The Bertz CT molecular complexity index is 3060. The van der Waals surface area contributed by atoms with Crippen molar-refractivity contribution in [2.75, 3.05) is 63.1 Å². The number of anilines is 3. The maximum absolute atomic E-state index is 14.8. The van der Waals surface area contributed by atoms with Gasteiger partial charge in [-0.3, -0.25) is 29.2 Å². The van der Waals surface area contributed by atoms with E-state index in [-0.39, 0.29) is 65.6 Å². The fraction of sp³-hybridized carbons (Fsp3) is 0.545. The Labute approximate surface area is 450 Å². The van der Waals surface area contributed by atoms with Gasteiger partial charge >= 0.3 is 0 Å². The zero-order valence-corrected chi connectivity index (χ0v) is 46.1. The van der Waals surface area contributed by atoms with Crippen molar-refractivity contribution in [2.45, 2.75) is 139 Å². The Kier molecular flexibility index (Phi) is 16.7. The van der Waals surface area contributed by atoms with Crippen molar-refractivity contribution in [1.29, 1.82) is 0 Å². The molecule has 77 heavy (non-hydrogen) atoms. The number of piperazine rings is 1. The van der Waals surface area contributed by atoms with Crippen molar-refractivity contribution in [3.05, 3.63) is 83.2 Å². The Balaban J connectivity index is 0.829. The SMILES string of the molecule is CN[C@@H](C)C(=O)N[C@H](C(=O)N1C[C@@H](NC(=O)c2cnc(N3CCN(CCOc4cc5ncnc(Nc6n[nH]c(C)c6C)c5cc4S(=O)(=O)C(C)(C)C)CC3)cn2)C[C@H]1C(=O)N[C@@H]1CCCc2ccccc21)C1CCCCC1. The highest BCUT2D eigenvalue weighted by Gasteiger charge is 2.45. The fourth-order valence-electron chi connectivity index (χ4n) is 10.9. The Hall–Kier alpha value is -6.78. The maximum Gasteiger partial charge on any atom is 0.271 e. The number of fused-ring (bicyclic) bond motifs is 2. The van der Waals surface area contributed by atoms with E-state index in [0.717, 1.165) is 68.2 Å². The lowest BCUT2D eigenvalue weighted by Gasteiger charge is -2.35. The molecule has 0 spiro atoms. The van der Waals surface area contributed by atoms with Crippen LogP contribution in [-0.4, -0.2) is 154 Å². The van der Waals surface area contributed by atoms with Crippen molar-refractivity contribution >= 4 is 61.8 Å². The number of likely N-dealkylation sites (tertiary alicyclic amines) is 1. The molecule has 0 unspecified atom stereocenters. The van der Waals surface area contributed by atoms with E-state index < -0.39 is 44.7 Å². The van der Waals surface area contributed by atoms with Crippen molar-refractivity contribution in [1.82, 2.24) is 61.2 Å². The van der Waals surface area contributed by atoms with Gasteiger partial charge in [0.05, 0.1) is 34.7 Å². The molecule has 4 aliphatic rings. The molecular formula is C55H74N14O7S. The number of likely N-dealkylation sites (N-methyl/N-ethyl adjacent to an activating group) is 1. The van der Waals surface area contributed by atoms with E-state index in [1.54, 1.807) is 58.0 Å². The third-order valence-corrected chi connectivity index (χ3v) is 18.4. The van der Waals surface area contributed by atoms with E-state index in [1.165, 1.54) is 18.1 Å². The highest BCUT2D eigenvalue weighted by molar-refractivity contribution is 7.92. The van der Waals surface area contributed by atoms with Crippen LogP contribution in [0.2, 0.25) is 0 Å². The average molecular weight is 1080 g/mol. The van der Waals surface area contributed by atoms with Gasteiger partial charge in [-0.2, -0.15) is 5.10 Å². The van der Waals surface area contributed by atoms with Gasteiger partial charge in [-0.05, 0) is 110 Å². The first-order chi connectivity index (χ1) is 36.9. The first-order valence-corrected chi connectivity index (χ1v) is 28.6. The minimum Gasteiger partial charge on any atom is -0.491 e. The molecule has 4 amide bonds. The number of aromatic nitrogens is 6. The van der Waals surface area contributed by atoms with Gasteiger partial charge in [0, 0.05) is 68.0 Å². The molecule has 5 atom stereocenters. The van der Waals surface area contributed by atoms with Crippen LogP contribution >= 0.6 is 0 Å². The number of H-pyrrole nitrogens is 1. The molecule has 3 fully saturated rings. The summed E-state index contributed by atoms with van der Waals surface area (Å²) in [4.78, 5) is 80.5. The second-order valence-corrected chi connectivity index (χ2v) is 24.7. The molecule has 5 heterocycles. The van der Waals surface area contributed by atoms with Crippen LogP contribution in [0.25, 0.3) is 10.9 Å². The largest absolute Gasteiger partial charge is 0.491 e. The molecule has 6 N–H and O–H groups in total. The summed E-state index contributed by atoms with van der Waals surface area (Å²) in [6, 6.07) is 8.38. The summed E-state index contributed by atoms with van der Waals surface area (Å²) in [6.45, 7) is 14.0. The summed E-state index contributed by atoms with van der Waals surface area (Å²) < 4.78 is 33.3. The number of amides is 4. The number of ether oxygens (including phenoxy) is 1. The molecule has 412 valence electrons. The minimum absolute atomic E-state index is 0.0552. The molecule has 9 rings (SSSR count). The first-order valence-electron chi connectivity index (χ1n) is 27.1. The van der Waals surface area contributed by atoms with Crippen molar-refractivity contribution in [3.8, 4) is 5.75 Å². The summed E-state index contributed by atoms with van der Waals surface area (Å²) in [6.07, 6.45) is 11.8. The third-order valence-electron chi connectivity index (χ3n) is 15.9. The van der Waals surface area contributed by atoms with Crippen molar-refractivity contribution < 1.29 is 32.3 Å². The Morgan fingerprint density at radius 1 is 0.896 bits per heavy atom. The summed E-state index contributed by atoms with van der Waals surface area (Å²) in [5.74, 6) is 0.408. The molecular weight excluding hydrogens is 1000 g/mol. The van der Waals surface area contributed by atoms with Gasteiger partial charge in [0.1, 0.15) is 53.0 Å². The highest BCUT2D eigenvalue weighted by Crippen LogP contribution is 2.38.